The SMILES string of the molecule is CC12c3cccc(c3)-c3nc(-c4ccccc4)cc(n3)-c3cccc4oc5cc(c1cc5c34)C1(c3ccccc3-c3ccccc31)c1ccccc12. The van der Waals surface area contributed by atoms with Crippen molar-refractivity contribution in [1.29, 1.82) is 0 Å². The van der Waals surface area contributed by atoms with Gasteiger partial charge < -0.3 is 4.42 Å². The quantitative estimate of drug-likeness (QED) is 0.176. The van der Waals surface area contributed by atoms with Gasteiger partial charge in [-0.1, -0.05) is 133 Å². The molecule has 3 heteroatoms. The Morgan fingerprint density at radius 1 is 0.442 bits per heavy atom. The van der Waals surface area contributed by atoms with Gasteiger partial charge in [0.25, 0.3) is 0 Å². The van der Waals surface area contributed by atoms with Crippen LogP contribution in [0.2, 0.25) is 0 Å². The molecule has 3 aliphatic rings. The average Bonchev–Trinajstić information content (AvgIpc) is 3.73. The summed E-state index contributed by atoms with van der Waals surface area (Å²) in [4.78, 5) is 10.5. The van der Waals surface area contributed by atoms with E-state index in [1.165, 1.54) is 50.1 Å². The van der Waals surface area contributed by atoms with Gasteiger partial charge in [-0.05, 0) is 87.3 Å². The Morgan fingerprint density at radius 2 is 1.08 bits per heavy atom. The largest absolute Gasteiger partial charge is 0.456 e. The minimum Gasteiger partial charge on any atom is -0.456 e. The summed E-state index contributed by atoms with van der Waals surface area (Å²) in [6, 6.07) is 59.8. The van der Waals surface area contributed by atoms with Gasteiger partial charge in [-0.25, -0.2) is 9.97 Å². The summed E-state index contributed by atoms with van der Waals surface area (Å²) in [7, 11) is 0. The lowest BCUT2D eigenvalue weighted by atomic mass is 9.53. The van der Waals surface area contributed by atoms with Gasteiger partial charge in [0, 0.05) is 32.9 Å². The van der Waals surface area contributed by atoms with E-state index in [0.717, 1.165) is 50.0 Å². The molecule has 1 aliphatic heterocycles. The molecule has 0 N–H and O–H groups in total. The van der Waals surface area contributed by atoms with E-state index >= 15 is 0 Å². The number of fused-ring (bicyclic) bond motifs is 16. The zero-order valence-corrected chi connectivity index (χ0v) is 28.4. The lowest BCUT2D eigenvalue weighted by Crippen LogP contribution is -2.42. The Labute approximate surface area is 300 Å². The fraction of sp³-hybridized carbons (Fsp3) is 0.0612. The van der Waals surface area contributed by atoms with Crippen molar-refractivity contribution in [1.82, 2.24) is 9.97 Å². The molecular weight excluding hydrogens is 633 g/mol. The Bertz CT molecular complexity index is 2950. The standard InChI is InChI=1S/C49H30N2O/c1-48-31-16-11-15-30(25-31)47-50-42(29-13-3-2-4-14-29)28-43(51-47)34-19-12-24-44-46(34)35-26-40(48)41(27-45(35)52-44)49(39-23-10-9-22-38(39)48)36-20-7-5-17-32(36)33-18-6-8-21-37(33)49/h2-28H,1H3. The topological polar surface area (TPSA) is 38.9 Å². The summed E-state index contributed by atoms with van der Waals surface area (Å²) in [6.45, 7) is 2.41. The highest BCUT2D eigenvalue weighted by Crippen LogP contribution is 2.64. The average molecular weight is 663 g/mol. The molecule has 0 radical (unpaired) electrons. The number of benzene rings is 7. The second-order valence-corrected chi connectivity index (χ2v) is 14.6. The number of nitrogens with zero attached hydrogens (tertiary/aromatic N) is 2. The van der Waals surface area contributed by atoms with E-state index in [9.17, 15) is 0 Å². The van der Waals surface area contributed by atoms with Crippen LogP contribution in [-0.2, 0) is 10.8 Å². The van der Waals surface area contributed by atoms with Gasteiger partial charge >= 0.3 is 0 Å². The molecule has 1 spiro atoms. The van der Waals surface area contributed by atoms with E-state index in [0.29, 0.717) is 5.82 Å². The van der Waals surface area contributed by atoms with E-state index < -0.39 is 10.8 Å². The van der Waals surface area contributed by atoms with Crippen molar-refractivity contribution in [3.8, 4) is 45.0 Å². The minimum atomic E-state index is -0.526. The van der Waals surface area contributed by atoms with Crippen molar-refractivity contribution in [2.45, 2.75) is 17.8 Å². The number of rotatable bonds is 1. The van der Waals surface area contributed by atoms with E-state index in [-0.39, 0.29) is 0 Å². The molecule has 1 unspecified atom stereocenters. The van der Waals surface area contributed by atoms with E-state index in [1.54, 1.807) is 0 Å². The van der Waals surface area contributed by atoms with Crippen molar-refractivity contribution in [2.75, 3.05) is 0 Å². The van der Waals surface area contributed by atoms with Crippen molar-refractivity contribution in [3.63, 3.8) is 0 Å². The third-order valence-electron chi connectivity index (χ3n) is 12.2. The van der Waals surface area contributed by atoms with Crippen LogP contribution in [-0.4, -0.2) is 9.97 Å². The smallest absolute Gasteiger partial charge is 0.160 e. The molecule has 0 fully saturated rings. The molecule has 52 heavy (non-hydrogen) atoms. The van der Waals surface area contributed by atoms with E-state index in [1.807, 2.05) is 6.07 Å². The van der Waals surface area contributed by atoms with Crippen LogP contribution in [0.3, 0.4) is 0 Å². The van der Waals surface area contributed by atoms with Crippen LogP contribution in [0.1, 0.15) is 45.9 Å². The fourth-order valence-corrected chi connectivity index (χ4v) is 9.91. The number of furan rings is 1. The first-order valence-electron chi connectivity index (χ1n) is 18.0. The zero-order valence-electron chi connectivity index (χ0n) is 28.4. The fourth-order valence-electron chi connectivity index (χ4n) is 9.91. The highest BCUT2D eigenvalue weighted by atomic mass is 16.3. The molecule has 9 aromatic rings. The second kappa shape index (κ2) is 9.80. The van der Waals surface area contributed by atoms with Crippen molar-refractivity contribution >= 4 is 21.9 Å². The normalized spacial score (nSPS) is 16.8. The number of hydrogen-bond acceptors (Lipinski definition) is 3. The predicted molar refractivity (Wildman–Crippen MR) is 208 cm³/mol. The van der Waals surface area contributed by atoms with Crippen LogP contribution in [0.15, 0.2) is 168 Å². The summed E-state index contributed by atoms with van der Waals surface area (Å²) < 4.78 is 6.91. The van der Waals surface area contributed by atoms with Crippen LogP contribution in [0.25, 0.3) is 67.0 Å². The molecule has 0 saturated heterocycles. The van der Waals surface area contributed by atoms with Crippen molar-refractivity contribution < 1.29 is 4.42 Å². The maximum Gasteiger partial charge on any atom is 0.160 e. The molecular formula is C49H30N2O. The first-order valence-corrected chi connectivity index (χ1v) is 18.0. The van der Waals surface area contributed by atoms with Crippen molar-refractivity contribution in [2.24, 2.45) is 0 Å². The summed E-state index contributed by atoms with van der Waals surface area (Å²) in [5.41, 5.74) is 17.1. The Morgan fingerprint density at radius 3 is 1.87 bits per heavy atom. The highest BCUT2D eigenvalue weighted by Gasteiger charge is 2.55. The molecule has 242 valence electrons. The maximum atomic E-state index is 6.91. The summed E-state index contributed by atoms with van der Waals surface area (Å²) in [5.74, 6) is 0.710. The molecule has 2 aliphatic carbocycles. The van der Waals surface area contributed by atoms with E-state index in [2.05, 4.69) is 165 Å². The lowest BCUT2D eigenvalue weighted by Gasteiger charge is -2.48. The van der Waals surface area contributed by atoms with Gasteiger partial charge in [0.15, 0.2) is 5.82 Å². The first kappa shape index (κ1) is 28.2. The van der Waals surface area contributed by atoms with Crippen molar-refractivity contribution in [3.05, 3.63) is 203 Å². The monoisotopic (exact) mass is 662 g/mol. The summed E-state index contributed by atoms with van der Waals surface area (Å²) in [6.07, 6.45) is 0. The van der Waals surface area contributed by atoms with Crippen LogP contribution in [0.4, 0.5) is 0 Å². The number of aromatic nitrogens is 2. The minimum absolute atomic E-state index is 0.508. The van der Waals surface area contributed by atoms with Gasteiger partial charge in [-0.3, -0.25) is 0 Å². The predicted octanol–water partition coefficient (Wildman–Crippen LogP) is 11.7. The van der Waals surface area contributed by atoms with Crippen LogP contribution in [0.5, 0.6) is 0 Å². The van der Waals surface area contributed by atoms with Crippen LogP contribution in [0, 0.1) is 0 Å². The molecule has 12 rings (SSSR count). The van der Waals surface area contributed by atoms with Gasteiger partial charge in [-0.15, -0.1) is 0 Å². The molecule has 0 amide bonds. The molecule has 3 nitrogen and oxygen atoms in total. The van der Waals surface area contributed by atoms with Gasteiger partial charge in [-0.2, -0.15) is 0 Å². The van der Waals surface area contributed by atoms with Gasteiger partial charge in [0.2, 0.25) is 0 Å². The molecule has 7 aromatic carbocycles. The molecule has 6 bridgehead atoms. The molecule has 1 atom stereocenters. The third-order valence-corrected chi connectivity index (χ3v) is 12.2. The van der Waals surface area contributed by atoms with E-state index in [4.69, 9.17) is 14.4 Å². The summed E-state index contributed by atoms with van der Waals surface area (Å²) >= 11 is 0. The first-order chi connectivity index (χ1) is 25.6. The molecule has 0 saturated carbocycles. The van der Waals surface area contributed by atoms with Crippen LogP contribution < -0.4 is 0 Å². The Balaban J connectivity index is 1.29. The van der Waals surface area contributed by atoms with Gasteiger partial charge in [0.05, 0.1) is 16.8 Å². The van der Waals surface area contributed by atoms with Crippen LogP contribution >= 0.6 is 0 Å². The van der Waals surface area contributed by atoms with Gasteiger partial charge in [0.1, 0.15) is 11.2 Å². The Hall–Kier alpha value is -6.58. The maximum absolute atomic E-state index is 6.91. The Kier molecular flexibility index (Phi) is 5.31. The third kappa shape index (κ3) is 3.36. The zero-order chi connectivity index (χ0) is 34.2. The molecule has 2 aromatic heterocycles. The highest BCUT2D eigenvalue weighted by molar-refractivity contribution is 6.13. The molecule has 3 heterocycles. The lowest BCUT2D eigenvalue weighted by molar-refractivity contribution is 0.593. The second-order valence-electron chi connectivity index (χ2n) is 14.6. The number of hydrogen-bond donors (Lipinski definition) is 0. The summed E-state index contributed by atoms with van der Waals surface area (Å²) in [5, 5.41) is 2.18.